The molecule has 8 heteroatoms. The van der Waals surface area contributed by atoms with Gasteiger partial charge < -0.3 is 15.8 Å². The van der Waals surface area contributed by atoms with Crippen LogP contribution in [0.1, 0.15) is 46.7 Å². The lowest BCUT2D eigenvalue weighted by Crippen LogP contribution is -2.24. The molecule has 142 valence electrons. The van der Waals surface area contributed by atoms with Crippen molar-refractivity contribution in [2.75, 3.05) is 0 Å². The van der Waals surface area contributed by atoms with E-state index in [-0.39, 0.29) is 17.7 Å². The van der Waals surface area contributed by atoms with E-state index >= 15 is 0 Å². The van der Waals surface area contributed by atoms with E-state index in [2.05, 4.69) is 10.3 Å². The minimum Gasteiger partial charge on any atom is -0.456 e. The highest BCUT2D eigenvalue weighted by molar-refractivity contribution is 5.94. The molecule has 2 fully saturated rings. The highest BCUT2D eigenvalue weighted by Gasteiger charge is 2.41. The normalized spacial score (nSPS) is 24.2. The zero-order valence-corrected chi connectivity index (χ0v) is 14.3. The summed E-state index contributed by atoms with van der Waals surface area (Å²) in [6.45, 7) is 0. The minimum atomic E-state index is -4.50. The van der Waals surface area contributed by atoms with Crippen LogP contribution >= 0.6 is 0 Å². The minimum absolute atomic E-state index is 0.0198. The average Bonchev–Trinajstić information content (AvgIpc) is 3.24. The third-order valence-corrected chi connectivity index (χ3v) is 5.26. The van der Waals surface area contributed by atoms with Crippen LogP contribution in [-0.2, 0) is 6.18 Å². The zero-order valence-electron chi connectivity index (χ0n) is 14.3. The number of nitrogens with zero attached hydrogens (tertiary/aromatic N) is 1. The Balaban J connectivity index is 1.65. The second-order valence-electron chi connectivity index (χ2n) is 7.01. The number of benzene rings is 1. The number of amides is 1. The number of rotatable bonds is 4. The first-order chi connectivity index (χ1) is 12.8. The van der Waals surface area contributed by atoms with Crippen LogP contribution in [0.5, 0.6) is 11.5 Å². The number of hydrogen-bond acceptors (Lipinski definition) is 4. The van der Waals surface area contributed by atoms with Crippen LogP contribution in [-0.4, -0.2) is 23.0 Å². The number of halogens is 3. The van der Waals surface area contributed by atoms with Gasteiger partial charge in [-0.25, -0.2) is 0 Å². The molecule has 4 rings (SSSR count). The summed E-state index contributed by atoms with van der Waals surface area (Å²) in [4.78, 5) is 15.4. The number of nitrogens with one attached hydrogen (secondary N) is 1. The molecule has 3 atom stereocenters. The number of alkyl halides is 3. The van der Waals surface area contributed by atoms with E-state index in [1.54, 1.807) is 12.1 Å². The second kappa shape index (κ2) is 6.53. The number of aromatic nitrogens is 1. The standard InChI is InChI=1S/C19H18F3N3O2/c20-19(21,22)10-5-13(9-24-8-10)27-12-2-3-14(18(23)26)15(7-12)16-6-11-1-4-17(16)25-11/h2-3,5,7-9,11,16-17,25H,1,4,6H2,(H2,23,26)/t11-,16-,17+/m1/s1. The Hall–Kier alpha value is -2.61. The highest BCUT2D eigenvalue weighted by atomic mass is 19.4. The quantitative estimate of drug-likeness (QED) is 0.854. The first-order valence-electron chi connectivity index (χ1n) is 8.71. The van der Waals surface area contributed by atoms with E-state index in [9.17, 15) is 18.0 Å². The van der Waals surface area contributed by atoms with E-state index < -0.39 is 17.6 Å². The molecule has 0 aliphatic carbocycles. The summed E-state index contributed by atoms with van der Waals surface area (Å²) in [7, 11) is 0. The zero-order chi connectivity index (χ0) is 19.2. The van der Waals surface area contributed by atoms with Gasteiger partial charge in [0.2, 0.25) is 5.91 Å². The van der Waals surface area contributed by atoms with Gasteiger partial charge in [0.25, 0.3) is 0 Å². The Morgan fingerprint density at radius 2 is 2.00 bits per heavy atom. The summed E-state index contributed by atoms with van der Waals surface area (Å²) >= 11 is 0. The third-order valence-electron chi connectivity index (χ3n) is 5.26. The molecular formula is C19H18F3N3O2. The number of pyridine rings is 1. The number of nitrogens with two attached hydrogens (primary N) is 1. The van der Waals surface area contributed by atoms with Crippen LogP contribution in [0.2, 0.25) is 0 Å². The van der Waals surface area contributed by atoms with Gasteiger partial charge in [-0.05, 0) is 49.1 Å². The van der Waals surface area contributed by atoms with Crippen molar-refractivity contribution in [1.29, 1.82) is 0 Å². The van der Waals surface area contributed by atoms with Crippen molar-refractivity contribution in [1.82, 2.24) is 10.3 Å². The molecule has 2 bridgehead atoms. The topological polar surface area (TPSA) is 77.2 Å². The smallest absolute Gasteiger partial charge is 0.418 e. The van der Waals surface area contributed by atoms with Crippen molar-refractivity contribution < 1.29 is 22.7 Å². The van der Waals surface area contributed by atoms with E-state index in [0.717, 1.165) is 37.1 Å². The molecular weight excluding hydrogens is 359 g/mol. The van der Waals surface area contributed by atoms with Gasteiger partial charge in [0.15, 0.2) is 0 Å². The van der Waals surface area contributed by atoms with Crippen LogP contribution < -0.4 is 15.8 Å². The first kappa shape index (κ1) is 17.8. The van der Waals surface area contributed by atoms with Gasteiger partial charge in [0, 0.05) is 29.8 Å². The molecule has 0 radical (unpaired) electrons. The van der Waals surface area contributed by atoms with Crippen LogP contribution in [0.3, 0.4) is 0 Å². The van der Waals surface area contributed by atoms with E-state index in [4.69, 9.17) is 10.5 Å². The lowest BCUT2D eigenvalue weighted by atomic mass is 9.81. The van der Waals surface area contributed by atoms with E-state index in [1.807, 2.05) is 0 Å². The molecule has 1 aromatic heterocycles. The molecule has 5 nitrogen and oxygen atoms in total. The van der Waals surface area contributed by atoms with E-state index in [1.165, 1.54) is 12.3 Å². The number of ether oxygens (including phenoxy) is 1. The molecule has 27 heavy (non-hydrogen) atoms. The fraction of sp³-hybridized carbons (Fsp3) is 0.368. The number of carbonyl (C=O) groups is 1. The van der Waals surface area contributed by atoms with Crippen molar-refractivity contribution in [3.05, 3.63) is 53.3 Å². The number of hydrogen-bond donors (Lipinski definition) is 2. The summed E-state index contributed by atoms with van der Waals surface area (Å²) in [5.41, 5.74) is 5.83. The summed E-state index contributed by atoms with van der Waals surface area (Å²) in [6.07, 6.45) is 0.502. The summed E-state index contributed by atoms with van der Waals surface area (Å²) in [5, 5.41) is 3.51. The molecule has 2 aromatic rings. The Labute approximate surface area is 153 Å². The maximum Gasteiger partial charge on any atom is 0.418 e. The maximum atomic E-state index is 12.8. The Bertz CT molecular complexity index is 885. The van der Waals surface area contributed by atoms with Crippen molar-refractivity contribution >= 4 is 5.91 Å². The number of primary amides is 1. The monoisotopic (exact) mass is 377 g/mol. The van der Waals surface area contributed by atoms with Gasteiger partial charge in [0.1, 0.15) is 11.5 Å². The predicted octanol–water partition coefficient (Wildman–Crippen LogP) is 3.60. The Morgan fingerprint density at radius 1 is 1.19 bits per heavy atom. The molecule has 1 aromatic carbocycles. The van der Waals surface area contributed by atoms with Crippen LogP contribution in [0.15, 0.2) is 36.7 Å². The van der Waals surface area contributed by atoms with Crippen molar-refractivity contribution in [3.63, 3.8) is 0 Å². The highest BCUT2D eigenvalue weighted by Crippen LogP contribution is 2.42. The molecule has 0 unspecified atom stereocenters. The van der Waals surface area contributed by atoms with Gasteiger partial charge in [-0.15, -0.1) is 0 Å². The molecule has 0 saturated carbocycles. The second-order valence-corrected chi connectivity index (χ2v) is 7.01. The Morgan fingerprint density at radius 3 is 2.63 bits per heavy atom. The van der Waals surface area contributed by atoms with Crippen molar-refractivity contribution in [3.8, 4) is 11.5 Å². The largest absolute Gasteiger partial charge is 0.456 e. The van der Waals surface area contributed by atoms with Gasteiger partial charge in [-0.3, -0.25) is 9.78 Å². The number of fused-ring (bicyclic) bond motifs is 2. The first-order valence-corrected chi connectivity index (χ1v) is 8.71. The molecule has 2 aliphatic heterocycles. The molecule has 2 saturated heterocycles. The van der Waals surface area contributed by atoms with Crippen LogP contribution in [0.4, 0.5) is 13.2 Å². The fourth-order valence-electron chi connectivity index (χ4n) is 4.07. The summed E-state index contributed by atoms with van der Waals surface area (Å²) in [5.74, 6) is -0.0675. The molecule has 0 spiro atoms. The summed E-state index contributed by atoms with van der Waals surface area (Å²) < 4.78 is 44.1. The Kier molecular flexibility index (Phi) is 4.30. The number of carbonyl (C=O) groups excluding carboxylic acids is 1. The van der Waals surface area contributed by atoms with Gasteiger partial charge in [-0.2, -0.15) is 13.2 Å². The molecule has 3 heterocycles. The molecule has 2 aliphatic rings. The fourth-order valence-corrected chi connectivity index (χ4v) is 4.07. The lowest BCUT2D eigenvalue weighted by molar-refractivity contribution is -0.137. The predicted molar refractivity (Wildman–Crippen MR) is 91.6 cm³/mol. The van der Waals surface area contributed by atoms with Gasteiger partial charge in [-0.1, -0.05) is 0 Å². The van der Waals surface area contributed by atoms with Gasteiger partial charge >= 0.3 is 6.18 Å². The van der Waals surface area contributed by atoms with E-state index in [0.29, 0.717) is 17.4 Å². The summed E-state index contributed by atoms with van der Waals surface area (Å²) in [6, 6.07) is 6.41. The molecule has 1 amide bonds. The van der Waals surface area contributed by atoms with Gasteiger partial charge in [0.05, 0.1) is 11.8 Å². The SMILES string of the molecule is NC(=O)c1ccc(Oc2cncc(C(F)(F)F)c2)cc1[C@H]1C[C@H]2CC[C@@H]1N2. The maximum absolute atomic E-state index is 12.8. The van der Waals surface area contributed by atoms with Crippen molar-refractivity contribution in [2.24, 2.45) is 5.73 Å². The molecule has 3 N–H and O–H groups in total. The van der Waals surface area contributed by atoms with Crippen molar-refractivity contribution in [2.45, 2.75) is 43.4 Å². The van der Waals surface area contributed by atoms with Crippen LogP contribution in [0.25, 0.3) is 0 Å². The lowest BCUT2D eigenvalue weighted by Gasteiger charge is -2.23. The average molecular weight is 377 g/mol. The third kappa shape index (κ3) is 3.49. The van der Waals surface area contributed by atoms with Crippen LogP contribution in [0, 0.1) is 0 Å².